The van der Waals surface area contributed by atoms with Gasteiger partial charge in [-0.05, 0) is 58.7 Å². The van der Waals surface area contributed by atoms with Crippen molar-refractivity contribution in [2.24, 2.45) is 0 Å². The molecular weight excluding hydrogens is 661 g/mol. The third-order valence-electron chi connectivity index (χ3n) is 9.23. The topological polar surface area (TPSA) is 77.3 Å². The van der Waals surface area contributed by atoms with Gasteiger partial charge in [0.15, 0.2) is 17.5 Å². The Bertz CT molecular complexity index is 2570. The van der Waals surface area contributed by atoms with Gasteiger partial charge in [0.2, 0.25) is 0 Å². The van der Waals surface area contributed by atoms with E-state index in [4.69, 9.17) is 24.9 Å². The zero-order valence-corrected chi connectivity index (χ0v) is 29.2. The van der Waals surface area contributed by atoms with Crippen LogP contribution in [0.25, 0.3) is 90.5 Å². The van der Waals surface area contributed by atoms with E-state index in [-0.39, 0.29) is 0 Å². The van der Waals surface area contributed by atoms with Crippen molar-refractivity contribution >= 4 is 0 Å². The average Bonchev–Trinajstić information content (AvgIpc) is 3.27. The smallest absolute Gasteiger partial charge is 0.164 e. The van der Waals surface area contributed by atoms with Crippen LogP contribution in [0.4, 0.5) is 0 Å². The number of aromatic nitrogens is 6. The summed E-state index contributed by atoms with van der Waals surface area (Å²) in [6.45, 7) is 0. The lowest BCUT2D eigenvalue weighted by Crippen LogP contribution is -2.00. The molecule has 0 radical (unpaired) electrons. The van der Waals surface area contributed by atoms with Gasteiger partial charge in [0.25, 0.3) is 0 Å². The summed E-state index contributed by atoms with van der Waals surface area (Å²) in [5.41, 5.74) is 12.1. The van der Waals surface area contributed by atoms with E-state index in [0.717, 1.165) is 73.0 Å². The molecule has 0 atom stereocenters. The van der Waals surface area contributed by atoms with E-state index in [1.807, 2.05) is 109 Å². The van der Waals surface area contributed by atoms with Crippen LogP contribution in [0, 0.1) is 0 Å². The number of pyridine rings is 3. The Morgan fingerprint density at radius 1 is 0.241 bits per heavy atom. The molecule has 6 heteroatoms. The monoisotopic (exact) mass is 692 g/mol. The predicted octanol–water partition coefficient (Wildman–Crippen LogP) is 11.4. The molecule has 0 amide bonds. The van der Waals surface area contributed by atoms with Crippen molar-refractivity contribution < 1.29 is 0 Å². The SMILES string of the molecule is c1ccc(-c2cc(-c3ccccn3)nc(-c3cccc(-c4ccccc4-c4ccc(-c5nc(-c6ccccc6)nc(-c6ccccc6)n5)cc4)n3)c2)cc1. The lowest BCUT2D eigenvalue weighted by atomic mass is 9.96. The standard InChI is InChI=1S/C48H32N6/c1-4-15-33(16-5-1)38-31-44(42-23-12-13-30-49-42)51-45(32-38)43-25-14-24-41(50-43)40-22-11-10-21-39(40)34-26-28-37(29-27-34)48-53-46(35-17-6-2-7-18-35)52-47(54-48)36-19-8-3-9-20-36/h1-32H. The number of hydrogen-bond acceptors (Lipinski definition) is 6. The van der Waals surface area contributed by atoms with E-state index in [0.29, 0.717) is 17.5 Å². The van der Waals surface area contributed by atoms with Gasteiger partial charge in [0, 0.05) is 28.5 Å². The van der Waals surface area contributed by atoms with Gasteiger partial charge < -0.3 is 0 Å². The van der Waals surface area contributed by atoms with E-state index < -0.39 is 0 Å². The Balaban J connectivity index is 1.08. The molecule has 0 aliphatic heterocycles. The van der Waals surface area contributed by atoms with Gasteiger partial charge in [0.1, 0.15) is 0 Å². The van der Waals surface area contributed by atoms with Crippen molar-refractivity contribution in [3.05, 3.63) is 194 Å². The van der Waals surface area contributed by atoms with E-state index in [1.54, 1.807) is 6.20 Å². The summed E-state index contributed by atoms with van der Waals surface area (Å²) in [7, 11) is 0. The molecule has 0 unspecified atom stereocenters. The van der Waals surface area contributed by atoms with Gasteiger partial charge in [-0.25, -0.2) is 24.9 Å². The largest absolute Gasteiger partial charge is 0.255 e. The maximum atomic E-state index is 5.20. The van der Waals surface area contributed by atoms with Crippen molar-refractivity contribution in [2.45, 2.75) is 0 Å². The lowest BCUT2D eigenvalue weighted by molar-refractivity contribution is 1.07. The maximum Gasteiger partial charge on any atom is 0.164 e. The van der Waals surface area contributed by atoms with Crippen LogP contribution in [0.1, 0.15) is 0 Å². The van der Waals surface area contributed by atoms with E-state index in [1.165, 1.54) is 0 Å². The maximum absolute atomic E-state index is 5.20. The van der Waals surface area contributed by atoms with Crippen LogP contribution in [0.15, 0.2) is 194 Å². The Morgan fingerprint density at radius 3 is 1.28 bits per heavy atom. The summed E-state index contributed by atoms with van der Waals surface area (Å²) < 4.78 is 0. The zero-order valence-electron chi connectivity index (χ0n) is 29.2. The molecule has 0 spiro atoms. The second kappa shape index (κ2) is 14.7. The molecule has 6 nitrogen and oxygen atoms in total. The highest BCUT2D eigenvalue weighted by molar-refractivity contribution is 5.84. The Labute approximate surface area is 313 Å². The third-order valence-corrected chi connectivity index (χ3v) is 9.23. The quantitative estimate of drug-likeness (QED) is 0.158. The summed E-state index contributed by atoms with van der Waals surface area (Å²) >= 11 is 0. The van der Waals surface area contributed by atoms with Crippen molar-refractivity contribution in [1.82, 2.24) is 29.9 Å². The van der Waals surface area contributed by atoms with Crippen molar-refractivity contribution in [2.75, 3.05) is 0 Å². The van der Waals surface area contributed by atoms with Crippen molar-refractivity contribution in [3.8, 4) is 90.5 Å². The molecule has 9 rings (SSSR count). The normalized spacial score (nSPS) is 11.0. The molecule has 5 aromatic carbocycles. The first-order valence-electron chi connectivity index (χ1n) is 17.8. The first kappa shape index (κ1) is 32.5. The van der Waals surface area contributed by atoms with Crippen molar-refractivity contribution in [3.63, 3.8) is 0 Å². The molecule has 0 aliphatic rings. The van der Waals surface area contributed by atoms with Gasteiger partial charge in [-0.1, -0.05) is 152 Å². The van der Waals surface area contributed by atoms with Gasteiger partial charge in [-0.2, -0.15) is 0 Å². The summed E-state index contributed by atoms with van der Waals surface area (Å²) in [5, 5.41) is 0. The first-order valence-corrected chi connectivity index (χ1v) is 17.8. The molecule has 0 saturated carbocycles. The Kier molecular flexibility index (Phi) is 8.81. The fraction of sp³-hybridized carbons (Fsp3) is 0. The highest BCUT2D eigenvalue weighted by Crippen LogP contribution is 2.35. The second-order valence-electron chi connectivity index (χ2n) is 12.8. The van der Waals surface area contributed by atoms with E-state index in [2.05, 4.69) is 83.8 Å². The molecule has 9 aromatic rings. The summed E-state index contributed by atoms with van der Waals surface area (Å²) in [6, 6.07) is 63.3. The molecule has 54 heavy (non-hydrogen) atoms. The second-order valence-corrected chi connectivity index (χ2v) is 12.8. The van der Waals surface area contributed by atoms with Gasteiger partial charge in [-0.15, -0.1) is 0 Å². The van der Waals surface area contributed by atoms with Crippen LogP contribution in [-0.4, -0.2) is 29.9 Å². The average molecular weight is 693 g/mol. The van der Waals surface area contributed by atoms with Crippen LogP contribution < -0.4 is 0 Å². The number of rotatable bonds is 8. The predicted molar refractivity (Wildman–Crippen MR) is 217 cm³/mol. The lowest BCUT2D eigenvalue weighted by Gasteiger charge is -2.13. The molecular formula is C48H32N6. The highest BCUT2D eigenvalue weighted by atomic mass is 15.0. The molecule has 0 aliphatic carbocycles. The zero-order chi connectivity index (χ0) is 36.1. The van der Waals surface area contributed by atoms with Gasteiger partial charge in [-0.3, -0.25) is 4.98 Å². The molecule has 254 valence electrons. The molecule has 0 saturated heterocycles. The highest BCUT2D eigenvalue weighted by Gasteiger charge is 2.15. The molecule has 0 bridgehead atoms. The third kappa shape index (κ3) is 6.79. The molecule has 4 aromatic heterocycles. The number of nitrogens with zero attached hydrogens (tertiary/aromatic N) is 6. The van der Waals surface area contributed by atoms with Crippen LogP contribution in [-0.2, 0) is 0 Å². The minimum absolute atomic E-state index is 0.618. The summed E-state index contributed by atoms with van der Waals surface area (Å²) in [5.74, 6) is 1.89. The fourth-order valence-electron chi connectivity index (χ4n) is 6.53. The van der Waals surface area contributed by atoms with Crippen LogP contribution in [0.2, 0.25) is 0 Å². The Morgan fingerprint density at radius 2 is 0.685 bits per heavy atom. The number of hydrogen-bond donors (Lipinski definition) is 0. The number of benzene rings is 5. The van der Waals surface area contributed by atoms with Crippen LogP contribution >= 0.6 is 0 Å². The van der Waals surface area contributed by atoms with Crippen LogP contribution in [0.5, 0.6) is 0 Å². The molecule has 0 N–H and O–H groups in total. The minimum atomic E-state index is 0.618. The van der Waals surface area contributed by atoms with Gasteiger partial charge >= 0.3 is 0 Å². The van der Waals surface area contributed by atoms with E-state index in [9.17, 15) is 0 Å². The molecule has 0 fully saturated rings. The minimum Gasteiger partial charge on any atom is -0.255 e. The first-order chi connectivity index (χ1) is 26.7. The fourth-order valence-corrected chi connectivity index (χ4v) is 6.53. The Hall–Kier alpha value is -7.44. The van der Waals surface area contributed by atoms with Crippen molar-refractivity contribution in [1.29, 1.82) is 0 Å². The molecule has 4 heterocycles. The van der Waals surface area contributed by atoms with Gasteiger partial charge in [0.05, 0.1) is 28.5 Å². The van der Waals surface area contributed by atoms with E-state index >= 15 is 0 Å². The van der Waals surface area contributed by atoms with Crippen LogP contribution in [0.3, 0.4) is 0 Å². The summed E-state index contributed by atoms with van der Waals surface area (Å²) in [6.07, 6.45) is 1.79. The summed E-state index contributed by atoms with van der Waals surface area (Å²) in [4.78, 5) is 29.5.